The first kappa shape index (κ1) is 14.3. The highest BCUT2D eigenvalue weighted by molar-refractivity contribution is 7.98. The minimum absolute atomic E-state index is 0.00270. The Balaban J connectivity index is 2.10. The highest BCUT2D eigenvalue weighted by Crippen LogP contribution is 2.24. The van der Waals surface area contributed by atoms with Crippen LogP contribution in [0.4, 0.5) is 0 Å². The van der Waals surface area contributed by atoms with E-state index in [2.05, 4.69) is 9.97 Å². The van der Waals surface area contributed by atoms with Gasteiger partial charge in [0.2, 0.25) is 0 Å². The van der Waals surface area contributed by atoms with E-state index in [9.17, 15) is 0 Å². The normalized spacial score (nSPS) is 10.3. The van der Waals surface area contributed by atoms with Crippen molar-refractivity contribution in [3.8, 4) is 5.75 Å². The predicted molar refractivity (Wildman–Crippen MR) is 80.3 cm³/mol. The number of aryl methyl sites for hydroxylation is 1. The fraction of sp³-hybridized carbons (Fsp3) is 0.214. The van der Waals surface area contributed by atoms with Crippen LogP contribution in [-0.2, 0) is 5.75 Å². The van der Waals surface area contributed by atoms with E-state index >= 15 is 0 Å². The van der Waals surface area contributed by atoms with Gasteiger partial charge in [-0.15, -0.1) is 0 Å². The third kappa shape index (κ3) is 3.48. The van der Waals surface area contributed by atoms with Crippen LogP contribution in [0.25, 0.3) is 0 Å². The summed E-state index contributed by atoms with van der Waals surface area (Å²) >= 11 is 1.55. The van der Waals surface area contributed by atoms with Crippen molar-refractivity contribution >= 4 is 17.6 Å². The Hall–Kier alpha value is -2.08. The SMILES string of the molecule is COc1cc(CSc2ncc(C)cn2)ccc1C(=N)N. The quantitative estimate of drug-likeness (QED) is 0.382. The van der Waals surface area contributed by atoms with Gasteiger partial charge < -0.3 is 10.5 Å². The number of methoxy groups -OCH3 is 1. The number of hydrogen-bond acceptors (Lipinski definition) is 5. The maximum absolute atomic E-state index is 7.48. The summed E-state index contributed by atoms with van der Waals surface area (Å²) in [4.78, 5) is 8.50. The summed E-state index contributed by atoms with van der Waals surface area (Å²) in [7, 11) is 1.57. The monoisotopic (exact) mass is 288 g/mol. The number of thioether (sulfide) groups is 1. The number of nitrogens with one attached hydrogen (secondary N) is 1. The van der Waals surface area contributed by atoms with Crippen LogP contribution in [0.5, 0.6) is 5.75 Å². The van der Waals surface area contributed by atoms with Crippen molar-refractivity contribution in [3.05, 3.63) is 47.3 Å². The summed E-state index contributed by atoms with van der Waals surface area (Å²) < 4.78 is 5.25. The molecule has 104 valence electrons. The predicted octanol–water partition coefficient (Wildman–Crippen LogP) is 2.37. The largest absolute Gasteiger partial charge is 0.496 e. The Bertz CT molecular complexity index is 613. The van der Waals surface area contributed by atoms with E-state index in [1.807, 2.05) is 19.1 Å². The number of ether oxygens (including phenoxy) is 1. The number of benzene rings is 1. The lowest BCUT2D eigenvalue weighted by Gasteiger charge is -2.09. The minimum atomic E-state index is 0.00270. The average Bonchev–Trinajstić information content (AvgIpc) is 2.46. The lowest BCUT2D eigenvalue weighted by molar-refractivity contribution is 0.413. The highest BCUT2D eigenvalue weighted by atomic mass is 32.2. The van der Waals surface area contributed by atoms with Crippen LogP contribution >= 0.6 is 11.8 Å². The molecule has 1 heterocycles. The second-order valence-corrected chi connectivity index (χ2v) is 5.22. The minimum Gasteiger partial charge on any atom is -0.496 e. The first-order valence-corrected chi connectivity index (χ1v) is 7.01. The molecule has 0 amide bonds. The molecule has 0 atom stereocenters. The van der Waals surface area contributed by atoms with E-state index in [1.165, 1.54) is 0 Å². The van der Waals surface area contributed by atoms with Gasteiger partial charge in [0, 0.05) is 18.1 Å². The summed E-state index contributed by atoms with van der Waals surface area (Å²) in [5, 5.41) is 8.22. The van der Waals surface area contributed by atoms with E-state index in [0.717, 1.165) is 22.0 Å². The fourth-order valence-electron chi connectivity index (χ4n) is 1.65. The summed E-state index contributed by atoms with van der Waals surface area (Å²) in [6.45, 7) is 1.96. The van der Waals surface area contributed by atoms with E-state index in [1.54, 1.807) is 37.3 Å². The molecule has 3 N–H and O–H groups in total. The second-order valence-electron chi connectivity index (χ2n) is 4.28. The Morgan fingerprint density at radius 1 is 1.35 bits per heavy atom. The van der Waals surface area contributed by atoms with Crippen molar-refractivity contribution < 1.29 is 4.74 Å². The van der Waals surface area contributed by atoms with Gasteiger partial charge in [-0.05, 0) is 30.2 Å². The molecular formula is C14H16N4OS. The first-order valence-electron chi connectivity index (χ1n) is 6.03. The highest BCUT2D eigenvalue weighted by Gasteiger charge is 2.07. The summed E-state index contributed by atoms with van der Waals surface area (Å²) in [5.74, 6) is 1.35. The van der Waals surface area contributed by atoms with Crippen molar-refractivity contribution in [3.63, 3.8) is 0 Å². The zero-order chi connectivity index (χ0) is 14.5. The maximum Gasteiger partial charge on any atom is 0.187 e. The molecule has 0 aliphatic rings. The Kier molecular flexibility index (Phi) is 4.57. The van der Waals surface area contributed by atoms with Crippen molar-refractivity contribution in [2.75, 3.05) is 7.11 Å². The van der Waals surface area contributed by atoms with Gasteiger partial charge in [0.15, 0.2) is 5.16 Å². The molecule has 2 aromatic rings. The van der Waals surface area contributed by atoms with Crippen molar-refractivity contribution in [2.24, 2.45) is 5.73 Å². The smallest absolute Gasteiger partial charge is 0.187 e. The van der Waals surface area contributed by atoms with E-state index in [4.69, 9.17) is 15.9 Å². The van der Waals surface area contributed by atoms with Gasteiger partial charge >= 0.3 is 0 Å². The molecule has 20 heavy (non-hydrogen) atoms. The van der Waals surface area contributed by atoms with E-state index in [-0.39, 0.29) is 5.84 Å². The van der Waals surface area contributed by atoms with Gasteiger partial charge in [0.05, 0.1) is 12.7 Å². The molecule has 0 fully saturated rings. The molecule has 6 heteroatoms. The van der Waals surface area contributed by atoms with E-state index < -0.39 is 0 Å². The fourth-order valence-corrected chi connectivity index (χ4v) is 2.38. The van der Waals surface area contributed by atoms with E-state index in [0.29, 0.717) is 11.3 Å². The standard InChI is InChI=1S/C14H16N4OS/c1-9-6-17-14(18-7-9)20-8-10-3-4-11(13(15)16)12(5-10)19-2/h3-7H,8H2,1-2H3,(H3,15,16). The molecule has 2 rings (SSSR count). The number of rotatable bonds is 5. The molecule has 5 nitrogen and oxygen atoms in total. The van der Waals surface area contributed by atoms with Gasteiger partial charge in [0.25, 0.3) is 0 Å². The van der Waals surface area contributed by atoms with Crippen LogP contribution in [0.3, 0.4) is 0 Å². The number of aromatic nitrogens is 2. The third-order valence-electron chi connectivity index (χ3n) is 2.68. The molecule has 0 saturated heterocycles. The molecule has 1 aromatic heterocycles. The summed E-state index contributed by atoms with van der Waals surface area (Å²) in [6.07, 6.45) is 3.60. The second kappa shape index (κ2) is 6.38. The molecule has 0 aliphatic carbocycles. The molecule has 0 unspecified atom stereocenters. The number of nitrogens with two attached hydrogens (primary N) is 1. The van der Waals surface area contributed by atoms with Gasteiger partial charge in [0.1, 0.15) is 11.6 Å². The maximum atomic E-state index is 7.48. The van der Waals surface area contributed by atoms with Crippen molar-refractivity contribution in [1.82, 2.24) is 9.97 Å². The number of hydrogen-bond donors (Lipinski definition) is 2. The lowest BCUT2D eigenvalue weighted by Crippen LogP contribution is -2.12. The van der Waals surface area contributed by atoms with Gasteiger partial charge in [-0.1, -0.05) is 17.8 Å². The van der Waals surface area contributed by atoms with Gasteiger partial charge in [-0.2, -0.15) is 0 Å². The van der Waals surface area contributed by atoms with Crippen molar-refractivity contribution in [2.45, 2.75) is 17.8 Å². The Morgan fingerprint density at radius 3 is 2.65 bits per heavy atom. The van der Waals surface area contributed by atoms with Gasteiger partial charge in [-0.25, -0.2) is 9.97 Å². The first-order chi connectivity index (χ1) is 9.60. The Morgan fingerprint density at radius 2 is 2.05 bits per heavy atom. The summed E-state index contributed by atoms with van der Waals surface area (Å²) in [5.41, 5.74) is 8.22. The van der Waals surface area contributed by atoms with Crippen LogP contribution in [0.1, 0.15) is 16.7 Å². The zero-order valence-corrected chi connectivity index (χ0v) is 12.2. The van der Waals surface area contributed by atoms with Crippen molar-refractivity contribution in [1.29, 1.82) is 5.41 Å². The van der Waals surface area contributed by atoms with Crippen LogP contribution in [0, 0.1) is 12.3 Å². The van der Waals surface area contributed by atoms with Gasteiger partial charge in [-0.3, -0.25) is 5.41 Å². The summed E-state index contributed by atoms with van der Waals surface area (Å²) in [6, 6.07) is 5.62. The number of nitrogen functional groups attached to an aromatic ring is 1. The molecule has 1 aromatic carbocycles. The number of nitrogens with zero attached hydrogens (tertiary/aromatic N) is 2. The lowest BCUT2D eigenvalue weighted by atomic mass is 10.1. The van der Waals surface area contributed by atoms with Crippen LogP contribution in [0.2, 0.25) is 0 Å². The number of amidine groups is 1. The average molecular weight is 288 g/mol. The third-order valence-corrected chi connectivity index (χ3v) is 3.63. The zero-order valence-electron chi connectivity index (χ0n) is 11.4. The molecule has 0 spiro atoms. The topological polar surface area (TPSA) is 84.9 Å². The molecule has 0 bridgehead atoms. The molecule has 0 radical (unpaired) electrons. The molecule has 0 saturated carbocycles. The van der Waals surface area contributed by atoms with Crippen LogP contribution in [-0.4, -0.2) is 22.9 Å². The molecule has 0 aliphatic heterocycles. The van der Waals surface area contributed by atoms with Crippen LogP contribution < -0.4 is 10.5 Å². The van der Waals surface area contributed by atoms with Crippen LogP contribution in [0.15, 0.2) is 35.7 Å². The molecular weight excluding hydrogens is 272 g/mol. The Labute approximate surface area is 122 Å².